The van der Waals surface area contributed by atoms with Crippen LogP contribution in [0.25, 0.3) is 0 Å². The first-order valence-electron chi connectivity index (χ1n) is 5.97. The number of amides is 3. The molecule has 3 amide bonds. The molecule has 0 aromatic rings. The van der Waals surface area contributed by atoms with Gasteiger partial charge in [-0.25, -0.2) is 0 Å². The lowest BCUT2D eigenvalue weighted by molar-refractivity contribution is -0.126. The molecule has 1 saturated heterocycles. The van der Waals surface area contributed by atoms with Gasteiger partial charge in [0, 0.05) is 31.3 Å². The minimum atomic E-state index is -0.210. The molecule has 1 aliphatic heterocycles. The van der Waals surface area contributed by atoms with Crippen molar-refractivity contribution in [3.8, 4) is 0 Å². The number of nitrogens with one attached hydrogen (secondary N) is 2. The van der Waals surface area contributed by atoms with Crippen LogP contribution in [0.4, 0.5) is 4.79 Å². The second-order valence-electron chi connectivity index (χ2n) is 4.35. The van der Waals surface area contributed by atoms with Gasteiger partial charge in [-0.15, -0.1) is 0 Å². The van der Waals surface area contributed by atoms with Gasteiger partial charge in [-0.2, -0.15) is 0 Å². The predicted octanol–water partition coefficient (Wildman–Crippen LogP) is 0.186. The van der Waals surface area contributed by atoms with Gasteiger partial charge in [-0.3, -0.25) is 14.4 Å². The number of carbonyl (C=O) groups excluding carboxylic acids is 3. The average Bonchev–Trinajstić information content (AvgIpc) is 2.68. The van der Waals surface area contributed by atoms with Crippen LogP contribution in [0.2, 0.25) is 0 Å². The number of hydrogen-bond acceptors (Lipinski definition) is 4. The maximum Gasteiger partial charge on any atom is 0.281 e. The summed E-state index contributed by atoms with van der Waals surface area (Å²) in [5.74, 6) is 0.377. The lowest BCUT2D eigenvalue weighted by Gasteiger charge is -2.14. The van der Waals surface area contributed by atoms with E-state index >= 15 is 0 Å². The summed E-state index contributed by atoms with van der Waals surface area (Å²) in [6.07, 6.45) is 0.237. The van der Waals surface area contributed by atoms with Gasteiger partial charge in [0.1, 0.15) is 0 Å². The third kappa shape index (κ3) is 5.39. The second-order valence-corrected chi connectivity index (χ2v) is 5.40. The third-order valence-corrected chi connectivity index (χ3v) is 3.24. The predicted molar refractivity (Wildman–Crippen MR) is 70.3 cm³/mol. The molecule has 0 radical (unpaired) electrons. The molecular weight excluding hydrogens is 254 g/mol. The normalized spacial score (nSPS) is 15.1. The van der Waals surface area contributed by atoms with Crippen LogP contribution >= 0.6 is 11.8 Å². The molecule has 0 bridgehead atoms. The summed E-state index contributed by atoms with van der Waals surface area (Å²) in [4.78, 5) is 35.7. The lowest BCUT2D eigenvalue weighted by Crippen LogP contribution is -2.40. The van der Waals surface area contributed by atoms with E-state index in [2.05, 4.69) is 10.6 Å². The molecule has 1 heterocycles. The molecule has 18 heavy (non-hydrogen) atoms. The Morgan fingerprint density at radius 2 is 2.11 bits per heavy atom. The van der Waals surface area contributed by atoms with Crippen LogP contribution in [0, 0.1) is 0 Å². The Balaban J connectivity index is 2.14. The van der Waals surface area contributed by atoms with E-state index in [1.807, 2.05) is 13.8 Å². The molecule has 0 aromatic carbocycles. The van der Waals surface area contributed by atoms with Crippen molar-refractivity contribution in [2.75, 3.05) is 25.4 Å². The minimum Gasteiger partial charge on any atom is -0.352 e. The fraction of sp³-hybridized carbons (Fsp3) is 0.727. The van der Waals surface area contributed by atoms with E-state index in [9.17, 15) is 14.4 Å². The highest BCUT2D eigenvalue weighted by molar-refractivity contribution is 8.13. The van der Waals surface area contributed by atoms with Gasteiger partial charge < -0.3 is 15.5 Å². The second kappa shape index (κ2) is 7.25. The Morgan fingerprint density at radius 1 is 1.39 bits per heavy atom. The first-order valence-corrected chi connectivity index (χ1v) is 6.95. The number of hydrogen-bond donors (Lipinski definition) is 2. The molecular formula is C11H19N3O3S. The molecule has 1 fully saturated rings. The van der Waals surface area contributed by atoms with Crippen molar-refractivity contribution >= 4 is 28.8 Å². The van der Waals surface area contributed by atoms with Crippen LogP contribution in [-0.2, 0) is 9.59 Å². The molecule has 1 rings (SSSR count). The molecule has 102 valence electrons. The van der Waals surface area contributed by atoms with E-state index in [1.54, 1.807) is 4.90 Å². The first-order chi connectivity index (χ1) is 8.49. The number of rotatable bonds is 6. The summed E-state index contributed by atoms with van der Waals surface area (Å²) in [5.41, 5.74) is 0. The zero-order valence-electron chi connectivity index (χ0n) is 10.7. The summed E-state index contributed by atoms with van der Waals surface area (Å²) in [7, 11) is 0. The summed E-state index contributed by atoms with van der Waals surface area (Å²) < 4.78 is 0. The first kappa shape index (κ1) is 14.8. The largest absolute Gasteiger partial charge is 0.352 e. The van der Waals surface area contributed by atoms with Crippen molar-refractivity contribution in [1.29, 1.82) is 0 Å². The zero-order valence-corrected chi connectivity index (χ0v) is 11.5. The molecule has 6 nitrogen and oxygen atoms in total. The van der Waals surface area contributed by atoms with Crippen LogP contribution in [0.3, 0.4) is 0 Å². The molecule has 0 aliphatic carbocycles. The van der Waals surface area contributed by atoms with Gasteiger partial charge in [-0.05, 0) is 13.8 Å². The van der Waals surface area contributed by atoms with Crippen LogP contribution in [0.5, 0.6) is 0 Å². The monoisotopic (exact) mass is 273 g/mol. The van der Waals surface area contributed by atoms with Crippen molar-refractivity contribution in [3.63, 3.8) is 0 Å². The van der Waals surface area contributed by atoms with Gasteiger partial charge in [-0.1, -0.05) is 11.8 Å². The SMILES string of the molecule is CC(C)NC(=O)CNC(=O)CCN1CCSC1=O. The van der Waals surface area contributed by atoms with E-state index in [0.717, 1.165) is 5.75 Å². The highest BCUT2D eigenvalue weighted by Gasteiger charge is 2.21. The zero-order chi connectivity index (χ0) is 13.5. The number of carbonyl (C=O) groups is 3. The Hall–Kier alpha value is -1.24. The van der Waals surface area contributed by atoms with Crippen LogP contribution in [-0.4, -0.2) is 53.4 Å². The van der Waals surface area contributed by atoms with E-state index < -0.39 is 0 Å². The van der Waals surface area contributed by atoms with Crippen LogP contribution in [0.15, 0.2) is 0 Å². The smallest absolute Gasteiger partial charge is 0.281 e. The van der Waals surface area contributed by atoms with Crippen molar-refractivity contribution in [1.82, 2.24) is 15.5 Å². The maximum atomic E-state index is 11.5. The highest BCUT2D eigenvalue weighted by Crippen LogP contribution is 2.16. The van der Waals surface area contributed by atoms with Gasteiger partial charge in [0.25, 0.3) is 5.24 Å². The minimum absolute atomic E-state index is 0.0142. The van der Waals surface area contributed by atoms with Crippen molar-refractivity contribution < 1.29 is 14.4 Å². The van der Waals surface area contributed by atoms with Crippen molar-refractivity contribution in [2.24, 2.45) is 0 Å². The molecule has 0 aromatic heterocycles. The third-order valence-electron chi connectivity index (χ3n) is 2.35. The Bertz CT molecular complexity index is 333. The van der Waals surface area contributed by atoms with E-state index in [-0.39, 0.29) is 36.1 Å². The Morgan fingerprint density at radius 3 is 2.67 bits per heavy atom. The van der Waals surface area contributed by atoms with Crippen LogP contribution in [0.1, 0.15) is 20.3 Å². The highest BCUT2D eigenvalue weighted by atomic mass is 32.2. The lowest BCUT2D eigenvalue weighted by atomic mass is 10.3. The summed E-state index contributed by atoms with van der Waals surface area (Å²) in [6.45, 7) is 4.82. The summed E-state index contributed by atoms with van der Waals surface area (Å²) >= 11 is 1.27. The molecule has 1 aliphatic rings. The Labute approximate surface area is 111 Å². The Kier molecular flexibility index (Phi) is 5.97. The summed E-state index contributed by atoms with van der Waals surface area (Å²) in [6, 6.07) is 0.0636. The molecule has 0 atom stereocenters. The van der Waals surface area contributed by atoms with Gasteiger partial charge in [0.2, 0.25) is 11.8 Å². The fourth-order valence-corrected chi connectivity index (χ4v) is 2.36. The van der Waals surface area contributed by atoms with Crippen molar-refractivity contribution in [3.05, 3.63) is 0 Å². The molecule has 7 heteroatoms. The van der Waals surface area contributed by atoms with E-state index in [4.69, 9.17) is 0 Å². The molecule has 0 unspecified atom stereocenters. The van der Waals surface area contributed by atoms with Gasteiger partial charge in [0.05, 0.1) is 6.54 Å². The summed E-state index contributed by atoms with van der Waals surface area (Å²) in [5, 5.41) is 5.24. The fourth-order valence-electron chi connectivity index (χ4n) is 1.51. The average molecular weight is 273 g/mol. The van der Waals surface area contributed by atoms with E-state index in [0.29, 0.717) is 13.1 Å². The topological polar surface area (TPSA) is 78.5 Å². The molecule has 0 spiro atoms. The maximum absolute atomic E-state index is 11.5. The van der Waals surface area contributed by atoms with Gasteiger partial charge in [0.15, 0.2) is 0 Å². The quantitative estimate of drug-likeness (QED) is 0.724. The van der Waals surface area contributed by atoms with E-state index in [1.165, 1.54) is 11.8 Å². The van der Waals surface area contributed by atoms with Crippen LogP contribution < -0.4 is 10.6 Å². The molecule has 2 N–H and O–H groups in total. The standard InChI is InChI=1S/C11H19N3O3S/c1-8(2)13-10(16)7-12-9(15)3-4-14-5-6-18-11(14)17/h8H,3-7H2,1-2H3,(H,12,15)(H,13,16). The van der Waals surface area contributed by atoms with Crippen molar-refractivity contribution in [2.45, 2.75) is 26.3 Å². The molecule has 0 saturated carbocycles. The number of thioether (sulfide) groups is 1. The number of nitrogens with zero attached hydrogens (tertiary/aromatic N) is 1. The van der Waals surface area contributed by atoms with Gasteiger partial charge >= 0.3 is 0 Å².